The highest BCUT2D eigenvalue weighted by molar-refractivity contribution is 6.33. The predicted molar refractivity (Wildman–Crippen MR) is 80.2 cm³/mol. The Kier molecular flexibility index (Phi) is 4.39. The summed E-state index contributed by atoms with van der Waals surface area (Å²) in [5.41, 5.74) is 3.05. The zero-order chi connectivity index (χ0) is 14.2. The van der Waals surface area contributed by atoms with E-state index in [1.807, 2.05) is 13.0 Å². The maximum atomic E-state index is 12.1. The van der Waals surface area contributed by atoms with E-state index in [0.29, 0.717) is 6.04 Å². The van der Waals surface area contributed by atoms with Crippen molar-refractivity contribution in [1.82, 2.24) is 4.57 Å². The van der Waals surface area contributed by atoms with Crippen molar-refractivity contribution < 1.29 is 4.79 Å². The number of carbonyl (C=O) groups is 1. The lowest BCUT2D eigenvalue weighted by atomic mass is 9.99. The molecule has 2 rings (SSSR count). The van der Waals surface area contributed by atoms with Crippen LogP contribution in [0.1, 0.15) is 67.3 Å². The number of aryl methyl sites for hydroxylation is 1. The number of aromatic nitrogens is 1. The van der Waals surface area contributed by atoms with Gasteiger partial charge in [0.15, 0.2) is 5.78 Å². The Hall–Kier alpha value is -0.760. The highest BCUT2D eigenvalue weighted by Crippen LogP contribution is 2.36. The molecule has 0 amide bonds. The molecule has 0 aromatic carbocycles. The Morgan fingerprint density at radius 2 is 1.89 bits per heavy atom. The third-order valence-electron chi connectivity index (χ3n) is 4.60. The number of hydrogen-bond donors (Lipinski definition) is 0. The molecule has 0 aliphatic heterocycles. The Bertz CT molecular complexity index is 469. The standard InChI is InChI=1S/C16H24ClNO/c1-10-9-15(16(19)11(2)17)13(4)18(10)12(3)14-7-5-6-8-14/h9,11-12,14H,5-8H2,1-4H3. The van der Waals surface area contributed by atoms with E-state index in [0.717, 1.165) is 17.2 Å². The number of ketones is 1. The predicted octanol–water partition coefficient (Wildman–Crippen LogP) is 4.67. The number of nitrogens with zero attached hydrogens (tertiary/aromatic N) is 1. The molecule has 0 N–H and O–H groups in total. The molecule has 0 radical (unpaired) electrons. The SMILES string of the molecule is Cc1cc(C(=O)C(C)Cl)c(C)n1C(C)C1CCCC1. The molecule has 1 saturated carbocycles. The first kappa shape index (κ1) is 14.6. The Morgan fingerprint density at radius 3 is 2.42 bits per heavy atom. The van der Waals surface area contributed by atoms with E-state index < -0.39 is 5.38 Å². The summed E-state index contributed by atoms with van der Waals surface area (Å²) in [5, 5.41) is -0.448. The van der Waals surface area contributed by atoms with Gasteiger partial charge in [-0.2, -0.15) is 0 Å². The molecule has 0 bridgehead atoms. The van der Waals surface area contributed by atoms with Crippen LogP contribution in [-0.2, 0) is 0 Å². The van der Waals surface area contributed by atoms with Crippen molar-refractivity contribution in [3.63, 3.8) is 0 Å². The van der Waals surface area contributed by atoms with Crippen molar-refractivity contribution in [2.75, 3.05) is 0 Å². The fourth-order valence-corrected chi connectivity index (χ4v) is 3.64. The van der Waals surface area contributed by atoms with E-state index in [1.165, 1.54) is 31.4 Å². The summed E-state index contributed by atoms with van der Waals surface area (Å²) < 4.78 is 2.34. The van der Waals surface area contributed by atoms with Crippen LogP contribution < -0.4 is 0 Å². The van der Waals surface area contributed by atoms with Gasteiger partial charge in [-0.15, -0.1) is 11.6 Å². The fourth-order valence-electron chi connectivity index (χ4n) is 3.52. The topological polar surface area (TPSA) is 22.0 Å². The van der Waals surface area contributed by atoms with E-state index in [9.17, 15) is 4.79 Å². The molecule has 1 aliphatic carbocycles. The summed E-state index contributed by atoms with van der Waals surface area (Å²) in [6, 6.07) is 2.48. The number of alkyl halides is 1. The highest BCUT2D eigenvalue weighted by Gasteiger charge is 2.27. The van der Waals surface area contributed by atoms with Crippen molar-refractivity contribution in [1.29, 1.82) is 0 Å². The molecule has 1 fully saturated rings. The first-order valence-corrected chi connectivity index (χ1v) is 7.73. The van der Waals surface area contributed by atoms with Gasteiger partial charge in [0.25, 0.3) is 0 Å². The molecular formula is C16H24ClNO. The van der Waals surface area contributed by atoms with Crippen LogP contribution in [-0.4, -0.2) is 15.7 Å². The highest BCUT2D eigenvalue weighted by atomic mass is 35.5. The van der Waals surface area contributed by atoms with Crippen LogP contribution >= 0.6 is 11.6 Å². The number of hydrogen-bond acceptors (Lipinski definition) is 1. The van der Waals surface area contributed by atoms with Crippen LogP contribution in [0.3, 0.4) is 0 Å². The summed E-state index contributed by atoms with van der Waals surface area (Å²) in [7, 11) is 0. The molecule has 1 aromatic heterocycles. The normalized spacial score (nSPS) is 19.6. The van der Waals surface area contributed by atoms with Gasteiger partial charge < -0.3 is 4.57 Å². The van der Waals surface area contributed by atoms with Gasteiger partial charge in [0.2, 0.25) is 0 Å². The number of halogens is 1. The summed E-state index contributed by atoms with van der Waals surface area (Å²) in [5.74, 6) is 0.792. The number of Topliss-reactive ketones (excluding diaryl/α,β-unsaturated/α-hetero) is 1. The molecule has 1 aliphatic rings. The molecule has 2 unspecified atom stereocenters. The first-order valence-electron chi connectivity index (χ1n) is 7.30. The van der Waals surface area contributed by atoms with Gasteiger partial charge in [-0.05, 0) is 52.5 Å². The molecule has 0 spiro atoms. The van der Waals surface area contributed by atoms with Crippen LogP contribution in [0.4, 0.5) is 0 Å². The fraction of sp³-hybridized carbons (Fsp3) is 0.688. The third kappa shape index (κ3) is 2.74. The Morgan fingerprint density at radius 1 is 1.32 bits per heavy atom. The molecule has 19 heavy (non-hydrogen) atoms. The Labute approximate surface area is 121 Å². The Balaban J connectivity index is 2.33. The quantitative estimate of drug-likeness (QED) is 0.581. The van der Waals surface area contributed by atoms with E-state index in [1.54, 1.807) is 6.92 Å². The average molecular weight is 282 g/mol. The molecule has 2 atom stereocenters. The molecular weight excluding hydrogens is 258 g/mol. The smallest absolute Gasteiger partial charge is 0.182 e. The third-order valence-corrected chi connectivity index (χ3v) is 4.80. The second-order valence-electron chi connectivity index (χ2n) is 5.92. The van der Waals surface area contributed by atoms with Gasteiger partial charge in [0.05, 0.1) is 5.38 Å². The zero-order valence-corrected chi connectivity index (χ0v) is 13.1. The largest absolute Gasteiger partial charge is 0.345 e. The minimum Gasteiger partial charge on any atom is -0.345 e. The van der Waals surface area contributed by atoms with Crippen LogP contribution in [0.2, 0.25) is 0 Å². The van der Waals surface area contributed by atoms with Gasteiger partial charge >= 0.3 is 0 Å². The van der Waals surface area contributed by atoms with Gasteiger partial charge in [-0.25, -0.2) is 0 Å². The van der Waals surface area contributed by atoms with Crippen LogP contribution in [0, 0.1) is 19.8 Å². The van der Waals surface area contributed by atoms with Crippen LogP contribution in [0.15, 0.2) is 6.07 Å². The maximum absolute atomic E-state index is 12.1. The van der Waals surface area contributed by atoms with Gasteiger partial charge in [-0.3, -0.25) is 4.79 Å². The summed E-state index contributed by atoms with van der Waals surface area (Å²) in [6.45, 7) is 8.17. The molecule has 106 valence electrons. The van der Waals surface area contributed by atoms with E-state index >= 15 is 0 Å². The van der Waals surface area contributed by atoms with Crippen LogP contribution in [0.25, 0.3) is 0 Å². The van der Waals surface area contributed by atoms with Crippen molar-refractivity contribution in [2.24, 2.45) is 5.92 Å². The molecule has 2 nitrogen and oxygen atoms in total. The van der Waals surface area contributed by atoms with Gasteiger partial charge in [0.1, 0.15) is 0 Å². The average Bonchev–Trinajstić information content (AvgIpc) is 2.96. The van der Waals surface area contributed by atoms with Gasteiger partial charge in [-0.1, -0.05) is 12.8 Å². The van der Waals surface area contributed by atoms with E-state index in [4.69, 9.17) is 11.6 Å². The maximum Gasteiger partial charge on any atom is 0.182 e. The lowest BCUT2D eigenvalue weighted by molar-refractivity contribution is 0.0991. The summed E-state index contributed by atoms with van der Waals surface area (Å²) in [4.78, 5) is 12.1. The minimum absolute atomic E-state index is 0.0413. The van der Waals surface area contributed by atoms with Crippen molar-refractivity contribution in [3.05, 3.63) is 23.0 Å². The van der Waals surface area contributed by atoms with Crippen molar-refractivity contribution in [2.45, 2.75) is 64.8 Å². The first-order chi connectivity index (χ1) is 8.93. The number of carbonyl (C=O) groups excluding carboxylic acids is 1. The molecule has 3 heteroatoms. The summed E-state index contributed by atoms with van der Waals surface area (Å²) >= 11 is 5.94. The summed E-state index contributed by atoms with van der Waals surface area (Å²) in [6.07, 6.45) is 5.32. The second kappa shape index (κ2) is 5.70. The zero-order valence-electron chi connectivity index (χ0n) is 12.4. The number of rotatable bonds is 4. The van der Waals surface area contributed by atoms with Crippen LogP contribution in [0.5, 0.6) is 0 Å². The molecule has 1 aromatic rings. The lowest BCUT2D eigenvalue weighted by Gasteiger charge is -2.24. The molecule has 1 heterocycles. The van der Waals surface area contributed by atoms with Crippen molar-refractivity contribution in [3.8, 4) is 0 Å². The molecule has 0 saturated heterocycles. The monoisotopic (exact) mass is 281 g/mol. The minimum atomic E-state index is -0.448. The lowest BCUT2D eigenvalue weighted by Crippen LogP contribution is -2.18. The van der Waals surface area contributed by atoms with E-state index in [2.05, 4.69) is 18.4 Å². The van der Waals surface area contributed by atoms with Crippen molar-refractivity contribution >= 4 is 17.4 Å². The second-order valence-corrected chi connectivity index (χ2v) is 6.57. The van der Waals surface area contributed by atoms with E-state index in [-0.39, 0.29) is 5.78 Å². The van der Waals surface area contributed by atoms with Gasteiger partial charge in [0, 0.05) is 23.0 Å².